The van der Waals surface area contributed by atoms with Crippen LogP contribution in [0.5, 0.6) is 5.75 Å². The summed E-state index contributed by atoms with van der Waals surface area (Å²) < 4.78 is 16.9. The Morgan fingerprint density at radius 2 is 1.80 bits per heavy atom. The van der Waals surface area contributed by atoms with Gasteiger partial charge in [0.25, 0.3) is 0 Å². The Labute approximate surface area is 241 Å². The quantitative estimate of drug-likeness (QED) is 0.435. The Kier molecular flexibility index (Phi) is 7.99. The summed E-state index contributed by atoms with van der Waals surface area (Å²) in [6.45, 7) is 5.02. The van der Waals surface area contributed by atoms with Crippen molar-refractivity contribution in [2.24, 2.45) is 28.6 Å². The number of ketones is 2. The maximum Gasteiger partial charge on any atom is 0.344 e. The number of carbonyl (C=O) groups is 4. The van der Waals surface area contributed by atoms with E-state index in [2.05, 4.69) is 6.92 Å². The standard InChI is InChI=1S/C33H40O8/c1-4-8-28(37)41-33(27(36)19-40-29(38)20-39-23-9-6-5-7-10-23)16-14-25-24-12-11-21-17-22(34)13-15-31(21,2)30(24)26(35)18-32(25,33)3/h5-7,9-10,13,15,17,24-26,30,35H,4,8,11-12,14,16,18-20H2,1-3H3/t24-,25-,26-,30+,31-,32-,33+/m0/s1. The van der Waals surface area contributed by atoms with E-state index in [-0.39, 0.29) is 43.0 Å². The van der Waals surface area contributed by atoms with E-state index in [1.807, 2.05) is 26.0 Å². The second kappa shape index (κ2) is 11.2. The molecule has 3 saturated carbocycles. The normalized spacial score (nSPS) is 35.4. The van der Waals surface area contributed by atoms with E-state index >= 15 is 0 Å². The number of benzene rings is 1. The molecule has 0 spiro atoms. The topological polar surface area (TPSA) is 116 Å². The highest BCUT2D eigenvalue weighted by Crippen LogP contribution is 2.68. The number of hydrogen-bond acceptors (Lipinski definition) is 8. The Morgan fingerprint density at radius 3 is 2.54 bits per heavy atom. The van der Waals surface area contributed by atoms with Crippen LogP contribution in [0.4, 0.5) is 0 Å². The molecule has 0 radical (unpaired) electrons. The molecule has 4 aliphatic rings. The monoisotopic (exact) mass is 564 g/mol. The molecule has 220 valence electrons. The van der Waals surface area contributed by atoms with Crippen LogP contribution in [0.3, 0.4) is 0 Å². The number of ether oxygens (including phenoxy) is 3. The average molecular weight is 565 g/mol. The van der Waals surface area contributed by atoms with Crippen molar-refractivity contribution in [2.45, 2.75) is 77.4 Å². The number of allylic oxidation sites excluding steroid dienone is 4. The van der Waals surface area contributed by atoms with Gasteiger partial charge >= 0.3 is 11.9 Å². The second-order valence-electron chi connectivity index (χ2n) is 12.5. The van der Waals surface area contributed by atoms with Gasteiger partial charge in [0, 0.05) is 23.2 Å². The van der Waals surface area contributed by atoms with E-state index in [0.717, 1.165) is 18.4 Å². The minimum absolute atomic E-state index is 0.01000. The lowest BCUT2D eigenvalue weighted by Gasteiger charge is -2.59. The van der Waals surface area contributed by atoms with Crippen molar-refractivity contribution in [3.63, 3.8) is 0 Å². The average Bonchev–Trinajstić information content (AvgIpc) is 3.23. The predicted octanol–water partition coefficient (Wildman–Crippen LogP) is 4.54. The van der Waals surface area contributed by atoms with E-state index in [0.29, 0.717) is 25.0 Å². The molecule has 0 unspecified atom stereocenters. The molecule has 41 heavy (non-hydrogen) atoms. The van der Waals surface area contributed by atoms with Crippen LogP contribution in [0, 0.1) is 28.6 Å². The molecule has 1 aromatic carbocycles. The molecule has 7 atom stereocenters. The molecule has 0 aromatic heterocycles. The van der Waals surface area contributed by atoms with Crippen molar-refractivity contribution in [1.82, 2.24) is 0 Å². The van der Waals surface area contributed by atoms with Gasteiger partial charge < -0.3 is 19.3 Å². The fourth-order valence-corrected chi connectivity index (χ4v) is 8.41. The van der Waals surface area contributed by atoms with E-state index in [4.69, 9.17) is 14.2 Å². The number of Topliss-reactive ketones (excluding diaryl/α,β-unsaturated/α-hetero) is 1. The van der Waals surface area contributed by atoms with Gasteiger partial charge in [0.05, 0.1) is 6.10 Å². The van der Waals surface area contributed by atoms with E-state index in [9.17, 15) is 24.3 Å². The van der Waals surface area contributed by atoms with Crippen molar-refractivity contribution < 1.29 is 38.5 Å². The van der Waals surface area contributed by atoms with Crippen LogP contribution in [0.25, 0.3) is 0 Å². The third-order valence-electron chi connectivity index (χ3n) is 10.3. The highest BCUT2D eigenvalue weighted by atomic mass is 16.6. The summed E-state index contributed by atoms with van der Waals surface area (Å²) in [6.07, 6.45) is 7.96. The number of carbonyl (C=O) groups excluding carboxylic acids is 4. The Balaban J connectivity index is 1.38. The number of rotatable bonds is 9. The Bertz CT molecular complexity index is 1270. The van der Waals surface area contributed by atoms with Crippen LogP contribution < -0.4 is 4.74 Å². The van der Waals surface area contributed by atoms with Gasteiger partial charge in [-0.3, -0.25) is 14.4 Å². The van der Waals surface area contributed by atoms with Crippen molar-refractivity contribution in [3.05, 3.63) is 54.1 Å². The predicted molar refractivity (Wildman–Crippen MR) is 150 cm³/mol. The lowest BCUT2D eigenvalue weighted by atomic mass is 9.46. The van der Waals surface area contributed by atoms with E-state index in [1.54, 1.807) is 36.4 Å². The third kappa shape index (κ3) is 5.05. The minimum Gasteiger partial charge on any atom is -0.482 e. The molecule has 0 amide bonds. The molecule has 0 bridgehead atoms. The molecule has 8 heteroatoms. The van der Waals surface area contributed by atoms with Gasteiger partial charge in [0.2, 0.25) is 5.78 Å². The van der Waals surface area contributed by atoms with Gasteiger partial charge in [-0.2, -0.15) is 0 Å². The first-order valence-corrected chi connectivity index (χ1v) is 14.7. The first kappa shape index (κ1) is 29.2. The summed E-state index contributed by atoms with van der Waals surface area (Å²) in [4.78, 5) is 51.5. The highest BCUT2D eigenvalue weighted by molar-refractivity contribution is 6.01. The number of aliphatic hydroxyl groups excluding tert-OH is 1. The number of aliphatic hydroxyl groups is 1. The number of hydrogen-bond donors (Lipinski definition) is 1. The molecular formula is C33H40O8. The summed E-state index contributed by atoms with van der Waals surface area (Å²) in [5.41, 5.74) is -1.74. The largest absolute Gasteiger partial charge is 0.482 e. The van der Waals surface area contributed by atoms with Crippen LogP contribution in [-0.4, -0.2) is 53.5 Å². The van der Waals surface area contributed by atoms with Gasteiger partial charge in [-0.25, -0.2) is 4.79 Å². The van der Waals surface area contributed by atoms with Crippen LogP contribution in [0.1, 0.15) is 65.7 Å². The molecule has 1 N–H and O–H groups in total. The summed E-state index contributed by atoms with van der Waals surface area (Å²) in [5, 5.41) is 11.7. The minimum atomic E-state index is -1.51. The fourth-order valence-electron chi connectivity index (χ4n) is 8.41. The molecule has 3 fully saturated rings. The summed E-state index contributed by atoms with van der Waals surface area (Å²) in [6, 6.07) is 8.83. The van der Waals surface area contributed by atoms with E-state index in [1.165, 1.54) is 0 Å². The molecule has 0 saturated heterocycles. The van der Waals surface area contributed by atoms with Crippen LogP contribution in [-0.2, 0) is 28.7 Å². The summed E-state index contributed by atoms with van der Waals surface area (Å²) in [7, 11) is 0. The molecule has 0 heterocycles. The van der Waals surface area contributed by atoms with Crippen LogP contribution in [0.2, 0.25) is 0 Å². The second-order valence-corrected chi connectivity index (χ2v) is 12.5. The van der Waals surface area contributed by atoms with Crippen molar-refractivity contribution in [3.8, 4) is 5.75 Å². The maximum absolute atomic E-state index is 14.0. The first-order chi connectivity index (χ1) is 19.5. The summed E-state index contributed by atoms with van der Waals surface area (Å²) in [5.74, 6) is -1.17. The first-order valence-electron chi connectivity index (χ1n) is 14.7. The zero-order valence-corrected chi connectivity index (χ0v) is 24.1. The zero-order chi connectivity index (χ0) is 29.4. The molecule has 5 rings (SSSR count). The number of para-hydroxylation sites is 1. The van der Waals surface area contributed by atoms with Crippen molar-refractivity contribution in [2.75, 3.05) is 13.2 Å². The Morgan fingerprint density at radius 1 is 1.05 bits per heavy atom. The highest BCUT2D eigenvalue weighted by Gasteiger charge is 2.70. The van der Waals surface area contributed by atoms with Gasteiger partial charge in [-0.15, -0.1) is 0 Å². The molecule has 8 nitrogen and oxygen atoms in total. The smallest absolute Gasteiger partial charge is 0.344 e. The molecule has 0 aliphatic heterocycles. The van der Waals surface area contributed by atoms with Crippen molar-refractivity contribution >= 4 is 23.5 Å². The lowest BCUT2D eigenvalue weighted by Crippen LogP contribution is -2.63. The van der Waals surface area contributed by atoms with Crippen molar-refractivity contribution in [1.29, 1.82) is 0 Å². The SMILES string of the molecule is CCCC(=O)O[C@@]1(C(=O)COC(=O)COc2ccccc2)CC[C@H]2[C@@H]3CCC4=CC(=O)C=C[C@]4(C)[C@H]3[C@@H](O)C[C@@]21C. The van der Waals surface area contributed by atoms with Crippen LogP contribution >= 0.6 is 0 Å². The number of fused-ring (bicyclic) bond motifs is 5. The van der Waals surface area contributed by atoms with Gasteiger partial charge in [0.1, 0.15) is 5.75 Å². The van der Waals surface area contributed by atoms with Gasteiger partial charge in [-0.05, 0) is 74.6 Å². The van der Waals surface area contributed by atoms with E-state index < -0.39 is 46.9 Å². The van der Waals surface area contributed by atoms with Gasteiger partial charge in [-0.1, -0.05) is 50.6 Å². The number of esters is 2. The fraction of sp³-hybridized carbons (Fsp3) is 0.576. The van der Waals surface area contributed by atoms with Crippen LogP contribution in [0.15, 0.2) is 54.1 Å². The molecule has 1 aromatic rings. The maximum atomic E-state index is 14.0. The van der Waals surface area contributed by atoms with Gasteiger partial charge in [0.15, 0.2) is 24.6 Å². The zero-order valence-electron chi connectivity index (χ0n) is 24.1. The summed E-state index contributed by atoms with van der Waals surface area (Å²) >= 11 is 0. The lowest BCUT2D eigenvalue weighted by molar-refractivity contribution is -0.201. The third-order valence-corrected chi connectivity index (χ3v) is 10.3. The molecule has 4 aliphatic carbocycles. The molecular weight excluding hydrogens is 524 g/mol. The Hall–Kier alpha value is -3.26.